The first-order valence-corrected chi connectivity index (χ1v) is 6.22. The highest BCUT2D eigenvalue weighted by Crippen LogP contribution is 2.26. The lowest BCUT2D eigenvalue weighted by atomic mass is 10.2. The average Bonchev–Trinajstić information content (AvgIpc) is 2.54. The molecule has 1 heterocycles. The average molecular weight is 287 g/mol. The summed E-state index contributed by atoms with van der Waals surface area (Å²) >= 11 is 10.5. The minimum atomic E-state index is 0.575. The van der Waals surface area contributed by atoms with Crippen LogP contribution in [0, 0.1) is 11.8 Å². The van der Waals surface area contributed by atoms with Crippen LogP contribution in [0.5, 0.6) is 0 Å². The van der Waals surface area contributed by atoms with Crippen molar-refractivity contribution in [2.75, 3.05) is 5.33 Å². The molecule has 0 atom stereocenters. The van der Waals surface area contributed by atoms with E-state index in [1.165, 1.54) is 11.3 Å². The number of rotatable bonds is 0. The molecule has 0 fully saturated rings. The SMILES string of the molecule is Clc1nc2ccc(C#CCBr)cc2s1. The van der Waals surface area contributed by atoms with Crippen molar-refractivity contribution in [2.24, 2.45) is 0 Å². The largest absolute Gasteiger partial charge is 0.225 e. The summed E-state index contributed by atoms with van der Waals surface area (Å²) in [5.41, 5.74) is 1.93. The van der Waals surface area contributed by atoms with Gasteiger partial charge >= 0.3 is 0 Å². The number of halogens is 2. The van der Waals surface area contributed by atoms with E-state index in [-0.39, 0.29) is 0 Å². The second kappa shape index (κ2) is 4.31. The first kappa shape index (κ1) is 9.97. The standard InChI is InChI=1S/C10H5BrClNS/c11-5-1-2-7-3-4-8-9(6-7)14-10(12)13-8/h3-4,6H,5H2. The molecule has 0 spiro atoms. The van der Waals surface area contributed by atoms with E-state index in [2.05, 4.69) is 32.8 Å². The number of hydrogen-bond acceptors (Lipinski definition) is 2. The molecule has 70 valence electrons. The van der Waals surface area contributed by atoms with Crippen LogP contribution in [0.15, 0.2) is 18.2 Å². The van der Waals surface area contributed by atoms with Crippen LogP contribution in [0.3, 0.4) is 0 Å². The van der Waals surface area contributed by atoms with Crippen LogP contribution < -0.4 is 0 Å². The van der Waals surface area contributed by atoms with E-state index in [1.54, 1.807) is 0 Å². The number of fused-ring (bicyclic) bond motifs is 1. The Balaban J connectivity index is 2.50. The molecule has 0 bridgehead atoms. The molecule has 0 aliphatic rings. The van der Waals surface area contributed by atoms with E-state index in [1.807, 2.05) is 18.2 Å². The zero-order chi connectivity index (χ0) is 9.97. The van der Waals surface area contributed by atoms with Crippen molar-refractivity contribution in [3.8, 4) is 11.8 Å². The quantitative estimate of drug-likeness (QED) is 0.531. The van der Waals surface area contributed by atoms with Crippen LogP contribution in [0.1, 0.15) is 5.56 Å². The van der Waals surface area contributed by atoms with Crippen LogP contribution >= 0.6 is 38.9 Å². The molecule has 0 amide bonds. The summed E-state index contributed by atoms with van der Waals surface area (Å²) in [6, 6.07) is 5.90. The minimum Gasteiger partial charge on any atom is -0.225 e. The molecular weight excluding hydrogens is 282 g/mol. The van der Waals surface area contributed by atoms with Crippen LogP contribution in [0.25, 0.3) is 10.2 Å². The van der Waals surface area contributed by atoms with E-state index in [9.17, 15) is 0 Å². The van der Waals surface area contributed by atoms with E-state index in [0.717, 1.165) is 15.8 Å². The number of alkyl halides is 1. The molecule has 2 aromatic rings. The minimum absolute atomic E-state index is 0.575. The maximum Gasteiger partial charge on any atom is 0.184 e. The molecule has 0 saturated carbocycles. The van der Waals surface area contributed by atoms with Crippen molar-refractivity contribution in [2.45, 2.75) is 0 Å². The lowest BCUT2D eigenvalue weighted by molar-refractivity contribution is 1.49. The highest BCUT2D eigenvalue weighted by atomic mass is 79.9. The zero-order valence-corrected chi connectivity index (χ0v) is 10.2. The summed E-state index contributed by atoms with van der Waals surface area (Å²) in [7, 11) is 0. The van der Waals surface area contributed by atoms with Gasteiger partial charge in [0, 0.05) is 5.56 Å². The van der Waals surface area contributed by atoms with E-state index in [4.69, 9.17) is 11.6 Å². The Kier molecular flexibility index (Phi) is 3.07. The van der Waals surface area contributed by atoms with E-state index in [0.29, 0.717) is 9.80 Å². The van der Waals surface area contributed by atoms with Gasteiger partial charge in [-0.25, -0.2) is 4.98 Å². The van der Waals surface area contributed by atoms with Gasteiger partial charge in [0.2, 0.25) is 0 Å². The molecule has 2 rings (SSSR count). The Labute approximate surface area is 99.2 Å². The summed E-state index contributed by atoms with van der Waals surface area (Å²) in [6.07, 6.45) is 0. The third-order valence-corrected chi connectivity index (χ3v) is 3.06. The maximum absolute atomic E-state index is 5.80. The summed E-state index contributed by atoms with van der Waals surface area (Å²) in [4.78, 5) is 4.16. The fraction of sp³-hybridized carbons (Fsp3) is 0.100. The molecule has 0 N–H and O–H groups in total. The van der Waals surface area contributed by atoms with Gasteiger partial charge in [0.15, 0.2) is 4.47 Å². The lowest BCUT2D eigenvalue weighted by Crippen LogP contribution is -1.73. The number of thiazole rings is 1. The number of nitrogens with zero attached hydrogens (tertiary/aromatic N) is 1. The Hall–Kier alpha value is -0.560. The lowest BCUT2D eigenvalue weighted by Gasteiger charge is -1.89. The fourth-order valence-electron chi connectivity index (χ4n) is 1.11. The highest BCUT2D eigenvalue weighted by molar-refractivity contribution is 9.09. The predicted molar refractivity (Wildman–Crippen MR) is 65.3 cm³/mol. The maximum atomic E-state index is 5.80. The molecule has 1 aromatic carbocycles. The molecule has 4 heteroatoms. The second-order valence-electron chi connectivity index (χ2n) is 2.58. The van der Waals surface area contributed by atoms with Crippen molar-refractivity contribution in [1.82, 2.24) is 4.98 Å². The van der Waals surface area contributed by atoms with Gasteiger partial charge in [-0.1, -0.05) is 39.4 Å². The normalized spacial score (nSPS) is 9.86. The molecule has 0 unspecified atom stereocenters. The monoisotopic (exact) mass is 285 g/mol. The van der Waals surface area contributed by atoms with Gasteiger partial charge in [-0.3, -0.25) is 0 Å². The van der Waals surface area contributed by atoms with Gasteiger partial charge in [0.1, 0.15) is 0 Å². The van der Waals surface area contributed by atoms with Crippen molar-refractivity contribution in [3.05, 3.63) is 28.2 Å². The zero-order valence-electron chi connectivity index (χ0n) is 7.05. The predicted octanol–water partition coefficient (Wildman–Crippen LogP) is 3.70. The number of aromatic nitrogens is 1. The van der Waals surface area contributed by atoms with Crippen LogP contribution in [-0.4, -0.2) is 10.3 Å². The van der Waals surface area contributed by atoms with Crippen LogP contribution in [0.4, 0.5) is 0 Å². The molecule has 0 aliphatic heterocycles. The van der Waals surface area contributed by atoms with Crippen molar-refractivity contribution in [1.29, 1.82) is 0 Å². The second-order valence-corrected chi connectivity index (χ2v) is 4.76. The Morgan fingerprint density at radius 2 is 2.36 bits per heavy atom. The number of benzene rings is 1. The number of hydrogen-bond donors (Lipinski definition) is 0. The highest BCUT2D eigenvalue weighted by Gasteiger charge is 2.00. The van der Waals surface area contributed by atoms with E-state index >= 15 is 0 Å². The fourth-order valence-corrected chi connectivity index (χ4v) is 2.32. The van der Waals surface area contributed by atoms with Crippen molar-refractivity contribution >= 4 is 49.1 Å². The Bertz CT molecular complexity index is 524. The van der Waals surface area contributed by atoms with Crippen LogP contribution in [0.2, 0.25) is 4.47 Å². The first-order valence-electron chi connectivity index (χ1n) is 3.90. The van der Waals surface area contributed by atoms with Gasteiger partial charge < -0.3 is 0 Å². The van der Waals surface area contributed by atoms with Crippen molar-refractivity contribution in [3.63, 3.8) is 0 Å². The van der Waals surface area contributed by atoms with Gasteiger partial charge in [0.05, 0.1) is 15.5 Å². The van der Waals surface area contributed by atoms with E-state index < -0.39 is 0 Å². The Morgan fingerprint density at radius 3 is 3.14 bits per heavy atom. The molecule has 0 aliphatic carbocycles. The molecule has 0 radical (unpaired) electrons. The molecule has 0 saturated heterocycles. The third-order valence-electron chi connectivity index (χ3n) is 1.66. The summed E-state index contributed by atoms with van der Waals surface area (Å²) in [6.45, 7) is 0. The van der Waals surface area contributed by atoms with Gasteiger partial charge in [-0.2, -0.15) is 0 Å². The summed E-state index contributed by atoms with van der Waals surface area (Å²) in [5.74, 6) is 5.99. The smallest absolute Gasteiger partial charge is 0.184 e. The first-order chi connectivity index (χ1) is 6.79. The molecular formula is C10H5BrClNS. The summed E-state index contributed by atoms with van der Waals surface area (Å²) < 4.78 is 1.65. The molecule has 14 heavy (non-hydrogen) atoms. The topological polar surface area (TPSA) is 12.9 Å². The van der Waals surface area contributed by atoms with Crippen molar-refractivity contribution < 1.29 is 0 Å². The Morgan fingerprint density at radius 1 is 1.50 bits per heavy atom. The van der Waals surface area contributed by atoms with Gasteiger partial charge in [0.25, 0.3) is 0 Å². The molecule has 1 aromatic heterocycles. The summed E-state index contributed by atoms with van der Waals surface area (Å²) in [5, 5.41) is 0.689. The van der Waals surface area contributed by atoms with Gasteiger partial charge in [-0.15, -0.1) is 11.3 Å². The van der Waals surface area contributed by atoms with Crippen LogP contribution in [-0.2, 0) is 0 Å². The third kappa shape index (κ3) is 2.09. The molecule has 1 nitrogen and oxygen atoms in total. The van der Waals surface area contributed by atoms with Gasteiger partial charge in [-0.05, 0) is 18.2 Å².